The van der Waals surface area contributed by atoms with E-state index in [9.17, 15) is 9.59 Å². The van der Waals surface area contributed by atoms with Crippen LogP contribution in [0.2, 0.25) is 0 Å². The fourth-order valence-corrected chi connectivity index (χ4v) is 2.14. The molecule has 0 heterocycles. The standard InChI is InChI=1S/C11H16O4/c1-7(11(14)15)9-4-2-8(3-5-9)6-10(12)13/h8-9H,1-6H2,(H,12,13)(H,14,15). The smallest absolute Gasteiger partial charge is 0.331 e. The van der Waals surface area contributed by atoms with Gasteiger partial charge in [0.1, 0.15) is 0 Å². The van der Waals surface area contributed by atoms with E-state index in [0.29, 0.717) is 0 Å². The Bertz CT molecular complexity index is 274. The normalized spacial score (nSPS) is 25.9. The Morgan fingerprint density at radius 3 is 2.07 bits per heavy atom. The lowest BCUT2D eigenvalue weighted by Crippen LogP contribution is -2.21. The summed E-state index contributed by atoms with van der Waals surface area (Å²) >= 11 is 0. The minimum atomic E-state index is -0.934. The molecule has 0 amide bonds. The van der Waals surface area contributed by atoms with Gasteiger partial charge in [0.2, 0.25) is 0 Å². The van der Waals surface area contributed by atoms with Gasteiger partial charge in [-0.15, -0.1) is 0 Å². The molecule has 0 saturated heterocycles. The lowest BCUT2D eigenvalue weighted by atomic mass is 9.78. The van der Waals surface area contributed by atoms with Gasteiger partial charge in [0, 0.05) is 12.0 Å². The van der Waals surface area contributed by atoms with Crippen molar-refractivity contribution in [1.82, 2.24) is 0 Å². The van der Waals surface area contributed by atoms with Crippen LogP contribution in [0.4, 0.5) is 0 Å². The minimum Gasteiger partial charge on any atom is -0.481 e. The number of rotatable bonds is 4. The summed E-state index contributed by atoms with van der Waals surface area (Å²) in [4.78, 5) is 21.1. The highest BCUT2D eigenvalue weighted by Gasteiger charge is 2.26. The first-order chi connectivity index (χ1) is 7.00. The van der Waals surface area contributed by atoms with Crippen molar-refractivity contribution in [3.8, 4) is 0 Å². The Morgan fingerprint density at radius 1 is 1.13 bits per heavy atom. The third kappa shape index (κ3) is 3.38. The summed E-state index contributed by atoms with van der Waals surface area (Å²) in [5, 5.41) is 17.4. The predicted octanol–water partition coefficient (Wildman–Crippen LogP) is 1.91. The van der Waals surface area contributed by atoms with Gasteiger partial charge in [-0.2, -0.15) is 0 Å². The molecule has 4 nitrogen and oxygen atoms in total. The largest absolute Gasteiger partial charge is 0.481 e. The molecule has 0 atom stereocenters. The zero-order valence-electron chi connectivity index (χ0n) is 8.61. The molecule has 0 spiro atoms. The molecule has 0 radical (unpaired) electrons. The second-order valence-electron chi connectivity index (χ2n) is 4.15. The van der Waals surface area contributed by atoms with Crippen LogP contribution in [0.1, 0.15) is 32.1 Å². The fraction of sp³-hybridized carbons (Fsp3) is 0.636. The van der Waals surface area contributed by atoms with Crippen LogP contribution in [-0.4, -0.2) is 22.2 Å². The quantitative estimate of drug-likeness (QED) is 0.698. The predicted molar refractivity (Wildman–Crippen MR) is 54.5 cm³/mol. The highest BCUT2D eigenvalue weighted by Crippen LogP contribution is 2.34. The van der Waals surface area contributed by atoms with Crippen LogP contribution in [0.15, 0.2) is 12.2 Å². The van der Waals surface area contributed by atoms with E-state index in [1.807, 2.05) is 0 Å². The second-order valence-corrected chi connectivity index (χ2v) is 4.15. The summed E-state index contributed by atoms with van der Waals surface area (Å²) in [5.74, 6) is -1.46. The summed E-state index contributed by atoms with van der Waals surface area (Å²) < 4.78 is 0. The summed E-state index contributed by atoms with van der Waals surface area (Å²) in [6, 6.07) is 0. The SMILES string of the molecule is C=C(C(=O)O)C1CCC(CC(=O)O)CC1. The number of hydrogen-bond donors (Lipinski definition) is 2. The number of hydrogen-bond acceptors (Lipinski definition) is 2. The molecular formula is C11H16O4. The highest BCUT2D eigenvalue weighted by atomic mass is 16.4. The van der Waals surface area contributed by atoms with E-state index in [0.717, 1.165) is 25.7 Å². The highest BCUT2D eigenvalue weighted by molar-refractivity contribution is 5.86. The zero-order valence-corrected chi connectivity index (χ0v) is 8.61. The van der Waals surface area contributed by atoms with Crippen molar-refractivity contribution in [2.45, 2.75) is 32.1 Å². The first-order valence-corrected chi connectivity index (χ1v) is 5.14. The molecular weight excluding hydrogens is 196 g/mol. The van der Waals surface area contributed by atoms with Crippen LogP contribution in [-0.2, 0) is 9.59 Å². The Labute approximate surface area is 88.6 Å². The lowest BCUT2D eigenvalue weighted by Gasteiger charge is -2.27. The summed E-state index contributed by atoms with van der Waals surface area (Å²) in [6.45, 7) is 3.55. The maximum atomic E-state index is 10.7. The molecule has 1 aliphatic carbocycles. The molecule has 0 aromatic heterocycles. The van der Waals surface area contributed by atoms with E-state index in [1.165, 1.54) is 0 Å². The Hall–Kier alpha value is -1.32. The number of aliphatic carboxylic acids is 2. The summed E-state index contributed by atoms with van der Waals surface area (Å²) in [7, 11) is 0. The monoisotopic (exact) mass is 212 g/mol. The van der Waals surface area contributed by atoms with Gasteiger partial charge in [-0.05, 0) is 37.5 Å². The van der Waals surface area contributed by atoms with Gasteiger partial charge in [-0.25, -0.2) is 4.79 Å². The molecule has 2 N–H and O–H groups in total. The second kappa shape index (κ2) is 4.96. The van der Waals surface area contributed by atoms with Gasteiger partial charge >= 0.3 is 11.9 Å². The maximum absolute atomic E-state index is 10.7. The third-order valence-corrected chi connectivity index (χ3v) is 3.08. The number of carboxylic acid groups (broad SMARTS) is 2. The molecule has 15 heavy (non-hydrogen) atoms. The maximum Gasteiger partial charge on any atom is 0.331 e. The van der Waals surface area contributed by atoms with Crippen molar-refractivity contribution in [2.24, 2.45) is 11.8 Å². The van der Waals surface area contributed by atoms with Gasteiger partial charge < -0.3 is 10.2 Å². The molecule has 1 rings (SSSR count). The van der Waals surface area contributed by atoms with Crippen LogP contribution < -0.4 is 0 Å². The first-order valence-electron chi connectivity index (χ1n) is 5.14. The average molecular weight is 212 g/mol. The van der Waals surface area contributed by atoms with Crippen LogP contribution in [0, 0.1) is 11.8 Å². The molecule has 0 aliphatic heterocycles. The van der Waals surface area contributed by atoms with E-state index < -0.39 is 11.9 Å². The van der Waals surface area contributed by atoms with Crippen LogP contribution in [0.3, 0.4) is 0 Å². The molecule has 1 aliphatic rings. The van der Waals surface area contributed by atoms with Gasteiger partial charge in [0.15, 0.2) is 0 Å². The molecule has 84 valence electrons. The third-order valence-electron chi connectivity index (χ3n) is 3.08. The fourth-order valence-electron chi connectivity index (χ4n) is 2.14. The van der Waals surface area contributed by atoms with E-state index in [-0.39, 0.29) is 23.8 Å². The van der Waals surface area contributed by atoms with Crippen molar-refractivity contribution in [1.29, 1.82) is 0 Å². The molecule has 0 aromatic carbocycles. The van der Waals surface area contributed by atoms with Crippen molar-refractivity contribution >= 4 is 11.9 Å². The van der Waals surface area contributed by atoms with Crippen molar-refractivity contribution < 1.29 is 19.8 Å². The van der Waals surface area contributed by atoms with E-state index in [1.54, 1.807) is 0 Å². The van der Waals surface area contributed by atoms with Crippen molar-refractivity contribution in [3.63, 3.8) is 0 Å². The molecule has 0 aromatic rings. The van der Waals surface area contributed by atoms with Gasteiger partial charge in [0.25, 0.3) is 0 Å². The van der Waals surface area contributed by atoms with Crippen LogP contribution >= 0.6 is 0 Å². The average Bonchev–Trinajstić information content (AvgIpc) is 2.17. The zero-order chi connectivity index (χ0) is 11.4. The van der Waals surface area contributed by atoms with Crippen LogP contribution in [0.25, 0.3) is 0 Å². The van der Waals surface area contributed by atoms with E-state index in [2.05, 4.69) is 6.58 Å². The topological polar surface area (TPSA) is 74.6 Å². The summed E-state index contributed by atoms with van der Waals surface area (Å²) in [5.41, 5.74) is 0.267. The van der Waals surface area contributed by atoms with E-state index >= 15 is 0 Å². The Morgan fingerprint density at radius 2 is 1.67 bits per heavy atom. The van der Waals surface area contributed by atoms with Gasteiger partial charge in [-0.1, -0.05) is 6.58 Å². The molecule has 1 saturated carbocycles. The molecule has 4 heteroatoms. The van der Waals surface area contributed by atoms with E-state index in [4.69, 9.17) is 10.2 Å². The van der Waals surface area contributed by atoms with Gasteiger partial charge in [0.05, 0.1) is 0 Å². The molecule has 1 fully saturated rings. The molecule has 0 bridgehead atoms. The van der Waals surface area contributed by atoms with Crippen molar-refractivity contribution in [3.05, 3.63) is 12.2 Å². The Kier molecular flexibility index (Phi) is 3.88. The lowest BCUT2D eigenvalue weighted by molar-refractivity contribution is -0.138. The summed E-state index contributed by atoms with van der Waals surface area (Å²) in [6.07, 6.45) is 3.30. The Balaban J connectivity index is 2.39. The first kappa shape index (κ1) is 11.8. The van der Waals surface area contributed by atoms with Gasteiger partial charge in [-0.3, -0.25) is 4.79 Å². The van der Waals surface area contributed by atoms with Crippen LogP contribution in [0.5, 0.6) is 0 Å². The number of carbonyl (C=O) groups is 2. The van der Waals surface area contributed by atoms with Crippen molar-refractivity contribution in [2.75, 3.05) is 0 Å². The molecule has 0 unspecified atom stereocenters. The number of carboxylic acids is 2. The minimum absolute atomic E-state index is 0.0348.